The Balaban J connectivity index is 3.09. The highest BCUT2D eigenvalue weighted by Gasteiger charge is 2.11. The predicted octanol–water partition coefficient (Wildman–Crippen LogP) is 6.22. The summed E-state index contributed by atoms with van der Waals surface area (Å²) >= 11 is 0. The van der Waals surface area contributed by atoms with Crippen molar-refractivity contribution >= 4 is 11.4 Å². The zero-order valence-electron chi connectivity index (χ0n) is 16.4. The van der Waals surface area contributed by atoms with E-state index in [4.69, 9.17) is 4.74 Å². The SMILES string of the molecule is C=C/C(=C\C=C(\C)CC)C(=O)C/C(C)=C(/C)c1cc(OC)ccc1C. The van der Waals surface area contributed by atoms with Gasteiger partial charge in [0.1, 0.15) is 5.75 Å². The van der Waals surface area contributed by atoms with Gasteiger partial charge in [-0.25, -0.2) is 0 Å². The number of hydrogen-bond donors (Lipinski definition) is 0. The van der Waals surface area contributed by atoms with E-state index in [1.54, 1.807) is 13.2 Å². The number of methoxy groups -OCH3 is 1. The van der Waals surface area contributed by atoms with Crippen LogP contribution in [0.15, 0.2) is 59.7 Å². The monoisotopic (exact) mass is 338 g/mol. The fourth-order valence-corrected chi connectivity index (χ4v) is 2.46. The molecule has 1 aromatic rings. The van der Waals surface area contributed by atoms with Crippen LogP contribution >= 0.6 is 0 Å². The van der Waals surface area contributed by atoms with Crippen molar-refractivity contribution in [1.82, 2.24) is 0 Å². The molecule has 1 aromatic carbocycles. The van der Waals surface area contributed by atoms with Crippen molar-refractivity contribution in [1.29, 1.82) is 0 Å². The highest BCUT2D eigenvalue weighted by molar-refractivity contribution is 6.00. The molecule has 1 rings (SSSR count). The van der Waals surface area contributed by atoms with Gasteiger partial charge in [0.25, 0.3) is 0 Å². The van der Waals surface area contributed by atoms with Crippen LogP contribution < -0.4 is 4.74 Å². The number of aryl methyl sites for hydroxylation is 1. The Hall–Kier alpha value is -2.35. The standard InChI is InChI=1S/C23H30O2/c1-8-16(3)10-12-20(9-2)23(24)14-18(5)19(6)22-15-21(25-7)13-11-17(22)4/h9-13,15H,2,8,14H2,1,3-7H3/b16-10-,19-18-,20-12+. The van der Waals surface area contributed by atoms with Gasteiger partial charge in [0.15, 0.2) is 5.78 Å². The second-order valence-electron chi connectivity index (χ2n) is 6.38. The number of carbonyl (C=O) groups is 1. The summed E-state index contributed by atoms with van der Waals surface area (Å²) < 4.78 is 5.32. The van der Waals surface area contributed by atoms with Gasteiger partial charge in [0, 0.05) is 12.0 Å². The molecule has 0 atom stereocenters. The lowest BCUT2D eigenvalue weighted by atomic mass is 9.93. The second-order valence-corrected chi connectivity index (χ2v) is 6.38. The number of ketones is 1. The first kappa shape index (κ1) is 20.7. The summed E-state index contributed by atoms with van der Waals surface area (Å²) in [6.45, 7) is 14.1. The smallest absolute Gasteiger partial charge is 0.166 e. The van der Waals surface area contributed by atoms with E-state index in [2.05, 4.69) is 34.3 Å². The molecule has 0 amide bonds. The molecule has 0 aliphatic rings. The van der Waals surface area contributed by atoms with E-state index in [1.165, 1.54) is 11.1 Å². The first-order valence-electron chi connectivity index (χ1n) is 8.68. The Morgan fingerprint density at radius 1 is 1.20 bits per heavy atom. The summed E-state index contributed by atoms with van der Waals surface area (Å²) in [7, 11) is 1.66. The van der Waals surface area contributed by atoms with Gasteiger partial charge in [-0.2, -0.15) is 0 Å². The molecule has 2 heteroatoms. The highest BCUT2D eigenvalue weighted by atomic mass is 16.5. The molecule has 134 valence electrons. The van der Waals surface area contributed by atoms with E-state index < -0.39 is 0 Å². The molecule has 0 aliphatic heterocycles. The van der Waals surface area contributed by atoms with Crippen molar-refractivity contribution in [3.8, 4) is 5.75 Å². The van der Waals surface area contributed by atoms with Crippen LogP contribution in [0, 0.1) is 6.92 Å². The first-order valence-corrected chi connectivity index (χ1v) is 8.68. The summed E-state index contributed by atoms with van der Waals surface area (Å²) in [5.41, 5.74) is 6.37. The van der Waals surface area contributed by atoms with Crippen LogP contribution in [-0.2, 0) is 4.79 Å². The third kappa shape index (κ3) is 5.90. The van der Waals surface area contributed by atoms with Gasteiger partial charge in [-0.15, -0.1) is 0 Å². The molecule has 0 saturated carbocycles. The van der Waals surface area contributed by atoms with E-state index >= 15 is 0 Å². The molecule has 0 aromatic heterocycles. The van der Waals surface area contributed by atoms with Crippen molar-refractivity contribution in [3.63, 3.8) is 0 Å². The Morgan fingerprint density at radius 3 is 2.44 bits per heavy atom. The zero-order valence-corrected chi connectivity index (χ0v) is 16.4. The number of allylic oxidation sites excluding steroid dienone is 7. The minimum Gasteiger partial charge on any atom is -0.497 e. The van der Waals surface area contributed by atoms with E-state index in [1.807, 2.05) is 37.3 Å². The van der Waals surface area contributed by atoms with Gasteiger partial charge in [-0.05, 0) is 62.9 Å². The zero-order chi connectivity index (χ0) is 19.0. The number of carbonyl (C=O) groups excluding carboxylic acids is 1. The van der Waals surface area contributed by atoms with Crippen LogP contribution in [-0.4, -0.2) is 12.9 Å². The van der Waals surface area contributed by atoms with Crippen molar-refractivity contribution in [3.05, 3.63) is 70.9 Å². The van der Waals surface area contributed by atoms with Crippen LogP contribution in [0.5, 0.6) is 5.75 Å². The van der Waals surface area contributed by atoms with Crippen molar-refractivity contribution < 1.29 is 9.53 Å². The highest BCUT2D eigenvalue weighted by Crippen LogP contribution is 2.27. The van der Waals surface area contributed by atoms with Crippen molar-refractivity contribution in [2.75, 3.05) is 7.11 Å². The maximum Gasteiger partial charge on any atom is 0.166 e. The number of hydrogen-bond acceptors (Lipinski definition) is 2. The van der Waals surface area contributed by atoms with E-state index in [9.17, 15) is 4.79 Å². The molecule has 0 spiro atoms. The lowest BCUT2D eigenvalue weighted by molar-refractivity contribution is -0.114. The third-order valence-corrected chi connectivity index (χ3v) is 4.56. The average molecular weight is 338 g/mol. The molecule has 0 heterocycles. The molecule has 0 saturated heterocycles. The first-order chi connectivity index (χ1) is 11.8. The minimum absolute atomic E-state index is 0.0903. The summed E-state index contributed by atoms with van der Waals surface area (Å²) in [5, 5.41) is 0. The Labute approximate surface area is 152 Å². The van der Waals surface area contributed by atoms with Crippen LogP contribution in [0.25, 0.3) is 5.57 Å². The quantitative estimate of drug-likeness (QED) is 0.415. The normalized spacial score (nSPS) is 13.4. The van der Waals surface area contributed by atoms with Crippen molar-refractivity contribution in [2.45, 2.75) is 47.5 Å². The summed E-state index contributed by atoms with van der Waals surface area (Å²) in [4.78, 5) is 12.6. The molecule has 0 unspecified atom stereocenters. The molecule has 0 bridgehead atoms. The Bertz CT molecular complexity index is 730. The summed E-state index contributed by atoms with van der Waals surface area (Å²) in [5.74, 6) is 0.915. The largest absolute Gasteiger partial charge is 0.497 e. The molecule has 0 radical (unpaired) electrons. The molecular formula is C23H30O2. The van der Waals surface area contributed by atoms with Crippen LogP contribution in [0.3, 0.4) is 0 Å². The molecule has 0 fully saturated rings. The maximum atomic E-state index is 12.6. The fraction of sp³-hybridized carbons (Fsp3) is 0.348. The topological polar surface area (TPSA) is 26.3 Å². The van der Waals surface area contributed by atoms with E-state index in [0.29, 0.717) is 12.0 Å². The van der Waals surface area contributed by atoms with E-state index in [0.717, 1.165) is 28.9 Å². The molecular weight excluding hydrogens is 308 g/mol. The fourth-order valence-electron chi connectivity index (χ4n) is 2.46. The Kier molecular flexibility index (Phi) is 8.13. The number of Topliss-reactive ketones (excluding diaryl/α,β-unsaturated/α-hetero) is 1. The summed E-state index contributed by atoms with van der Waals surface area (Å²) in [6.07, 6.45) is 6.86. The van der Waals surface area contributed by atoms with Crippen LogP contribution in [0.2, 0.25) is 0 Å². The predicted molar refractivity (Wildman–Crippen MR) is 108 cm³/mol. The van der Waals surface area contributed by atoms with Gasteiger partial charge < -0.3 is 4.74 Å². The minimum atomic E-state index is 0.0903. The number of ether oxygens (including phenoxy) is 1. The lowest BCUT2D eigenvalue weighted by Gasteiger charge is -2.12. The summed E-state index contributed by atoms with van der Waals surface area (Å²) in [6, 6.07) is 6.02. The molecule has 2 nitrogen and oxygen atoms in total. The Morgan fingerprint density at radius 2 is 1.88 bits per heavy atom. The van der Waals surface area contributed by atoms with Gasteiger partial charge in [0.05, 0.1) is 7.11 Å². The van der Waals surface area contributed by atoms with Crippen LogP contribution in [0.4, 0.5) is 0 Å². The van der Waals surface area contributed by atoms with Crippen LogP contribution in [0.1, 0.15) is 51.7 Å². The van der Waals surface area contributed by atoms with E-state index in [-0.39, 0.29) is 5.78 Å². The lowest BCUT2D eigenvalue weighted by Crippen LogP contribution is -2.02. The average Bonchev–Trinajstić information content (AvgIpc) is 2.61. The molecule has 0 aliphatic carbocycles. The molecule has 0 N–H and O–H groups in total. The third-order valence-electron chi connectivity index (χ3n) is 4.56. The second kappa shape index (κ2) is 9.83. The number of rotatable bonds is 8. The number of benzene rings is 1. The van der Waals surface area contributed by atoms with Crippen molar-refractivity contribution in [2.24, 2.45) is 0 Å². The van der Waals surface area contributed by atoms with Gasteiger partial charge in [-0.1, -0.05) is 48.9 Å². The van der Waals surface area contributed by atoms with Gasteiger partial charge >= 0.3 is 0 Å². The van der Waals surface area contributed by atoms with Gasteiger partial charge in [-0.3, -0.25) is 4.79 Å². The molecule has 25 heavy (non-hydrogen) atoms. The maximum absolute atomic E-state index is 12.6. The van der Waals surface area contributed by atoms with Gasteiger partial charge in [0.2, 0.25) is 0 Å².